The molecule has 0 fully saturated rings. The van der Waals surface area contributed by atoms with Crippen LogP contribution in [-0.4, -0.2) is 11.8 Å². The molecule has 1 aromatic carbocycles. The molecule has 0 saturated carbocycles. The third-order valence-corrected chi connectivity index (χ3v) is 4.86. The molecule has 0 aromatic heterocycles. The Bertz CT molecular complexity index is 411. The lowest BCUT2D eigenvalue weighted by Gasteiger charge is -2.15. The minimum absolute atomic E-state index is 0.229. The fourth-order valence-corrected chi connectivity index (χ4v) is 3.43. The molecular formula is C16H23NS. The smallest absolute Gasteiger partial charge is 0.0349 e. The van der Waals surface area contributed by atoms with Crippen molar-refractivity contribution in [3.05, 3.63) is 41.5 Å². The second kappa shape index (κ2) is 7.01. The third-order valence-electron chi connectivity index (χ3n) is 3.56. The molecule has 1 atom stereocenters. The Morgan fingerprint density at radius 1 is 1.22 bits per heavy atom. The van der Waals surface area contributed by atoms with E-state index in [0.717, 1.165) is 5.75 Å². The van der Waals surface area contributed by atoms with Crippen molar-refractivity contribution in [3.63, 3.8) is 0 Å². The van der Waals surface area contributed by atoms with E-state index in [0.29, 0.717) is 0 Å². The summed E-state index contributed by atoms with van der Waals surface area (Å²) in [6.45, 7) is 2.17. The van der Waals surface area contributed by atoms with Gasteiger partial charge < -0.3 is 5.73 Å². The summed E-state index contributed by atoms with van der Waals surface area (Å²) in [5.74, 6) is 0.997. The maximum Gasteiger partial charge on any atom is 0.0349 e. The van der Waals surface area contributed by atoms with E-state index >= 15 is 0 Å². The summed E-state index contributed by atoms with van der Waals surface area (Å²) in [4.78, 5) is 1.36. The predicted molar refractivity (Wildman–Crippen MR) is 81.0 cm³/mol. The van der Waals surface area contributed by atoms with Crippen LogP contribution >= 0.6 is 11.8 Å². The van der Waals surface area contributed by atoms with Crippen LogP contribution in [0.25, 0.3) is 0 Å². The quantitative estimate of drug-likeness (QED) is 0.646. The summed E-state index contributed by atoms with van der Waals surface area (Å²) in [6.07, 6.45) is 8.82. The highest BCUT2D eigenvalue weighted by Crippen LogP contribution is 2.26. The molecule has 0 aliphatic heterocycles. The van der Waals surface area contributed by atoms with E-state index in [4.69, 9.17) is 5.73 Å². The second-order valence-electron chi connectivity index (χ2n) is 5.06. The van der Waals surface area contributed by atoms with Gasteiger partial charge in [-0.3, -0.25) is 0 Å². The Balaban J connectivity index is 1.89. The van der Waals surface area contributed by atoms with Crippen molar-refractivity contribution in [1.82, 2.24) is 0 Å². The first-order valence-electron chi connectivity index (χ1n) is 6.90. The Kier molecular flexibility index (Phi) is 5.33. The lowest BCUT2D eigenvalue weighted by Crippen LogP contribution is -2.25. The first-order valence-corrected chi connectivity index (χ1v) is 7.89. The maximum absolute atomic E-state index is 6.33. The van der Waals surface area contributed by atoms with E-state index in [-0.39, 0.29) is 6.04 Å². The summed E-state index contributed by atoms with van der Waals surface area (Å²) in [5.41, 5.74) is 9.16. The molecule has 1 nitrogen and oxygen atoms in total. The average Bonchev–Trinajstić information content (AvgIpc) is 2.66. The topological polar surface area (TPSA) is 26.0 Å². The SMILES string of the molecule is Cc1ccccc1SCC(N)C1=CCCCCC1. The van der Waals surface area contributed by atoms with Gasteiger partial charge in [-0.1, -0.05) is 36.3 Å². The van der Waals surface area contributed by atoms with Gasteiger partial charge in [0.2, 0.25) is 0 Å². The summed E-state index contributed by atoms with van der Waals surface area (Å²) in [6, 6.07) is 8.78. The monoisotopic (exact) mass is 261 g/mol. The lowest BCUT2D eigenvalue weighted by atomic mass is 10.0. The lowest BCUT2D eigenvalue weighted by molar-refractivity contribution is 0.693. The van der Waals surface area contributed by atoms with Gasteiger partial charge in [-0.05, 0) is 44.2 Å². The first-order chi connectivity index (χ1) is 8.77. The van der Waals surface area contributed by atoms with E-state index in [1.165, 1.54) is 48.1 Å². The Labute approximate surface area is 115 Å². The van der Waals surface area contributed by atoms with Crippen molar-refractivity contribution in [3.8, 4) is 0 Å². The summed E-state index contributed by atoms with van der Waals surface area (Å²) < 4.78 is 0. The number of thioether (sulfide) groups is 1. The Morgan fingerprint density at radius 2 is 2.06 bits per heavy atom. The third kappa shape index (κ3) is 3.89. The molecule has 2 rings (SSSR count). The Hall–Kier alpha value is -0.730. The zero-order chi connectivity index (χ0) is 12.8. The maximum atomic E-state index is 6.33. The highest BCUT2D eigenvalue weighted by molar-refractivity contribution is 7.99. The van der Waals surface area contributed by atoms with Gasteiger partial charge in [0.1, 0.15) is 0 Å². The molecule has 2 heteroatoms. The molecule has 0 heterocycles. The van der Waals surface area contributed by atoms with Gasteiger partial charge in [0.15, 0.2) is 0 Å². The van der Waals surface area contributed by atoms with Gasteiger partial charge in [-0.2, -0.15) is 0 Å². The first kappa shape index (κ1) is 13.7. The van der Waals surface area contributed by atoms with Crippen LogP contribution in [0, 0.1) is 6.92 Å². The number of benzene rings is 1. The van der Waals surface area contributed by atoms with Crippen molar-refractivity contribution in [2.75, 3.05) is 5.75 Å². The van der Waals surface area contributed by atoms with Crippen LogP contribution in [-0.2, 0) is 0 Å². The van der Waals surface area contributed by atoms with Gasteiger partial charge in [0, 0.05) is 16.7 Å². The molecule has 2 N–H and O–H groups in total. The molecular weight excluding hydrogens is 238 g/mol. The number of hydrogen-bond donors (Lipinski definition) is 1. The molecule has 1 aliphatic rings. The van der Waals surface area contributed by atoms with Gasteiger partial charge in [0.05, 0.1) is 0 Å². The van der Waals surface area contributed by atoms with Crippen LogP contribution in [0.4, 0.5) is 0 Å². The number of hydrogen-bond acceptors (Lipinski definition) is 2. The summed E-state index contributed by atoms with van der Waals surface area (Å²) in [7, 11) is 0. The van der Waals surface area contributed by atoms with Crippen molar-refractivity contribution in [1.29, 1.82) is 0 Å². The number of nitrogens with two attached hydrogens (primary N) is 1. The van der Waals surface area contributed by atoms with Crippen LogP contribution in [0.2, 0.25) is 0 Å². The molecule has 98 valence electrons. The van der Waals surface area contributed by atoms with Crippen LogP contribution in [0.5, 0.6) is 0 Å². The van der Waals surface area contributed by atoms with Crippen LogP contribution in [0.15, 0.2) is 40.8 Å². The molecule has 0 radical (unpaired) electrons. The molecule has 1 aromatic rings. The number of aryl methyl sites for hydroxylation is 1. The van der Waals surface area contributed by atoms with Crippen molar-refractivity contribution in [2.24, 2.45) is 5.73 Å². The fourth-order valence-electron chi connectivity index (χ4n) is 2.38. The molecule has 0 saturated heterocycles. The summed E-state index contributed by atoms with van der Waals surface area (Å²) >= 11 is 1.89. The van der Waals surface area contributed by atoms with Crippen molar-refractivity contribution >= 4 is 11.8 Å². The van der Waals surface area contributed by atoms with E-state index < -0.39 is 0 Å². The molecule has 18 heavy (non-hydrogen) atoms. The van der Waals surface area contributed by atoms with E-state index in [1.54, 1.807) is 0 Å². The highest BCUT2D eigenvalue weighted by Gasteiger charge is 2.12. The van der Waals surface area contributed by atoms with Crippen molar-refractivity contribution in [2.45, 2.75) is 50.0 Å². The van der Waals surface area contributed by atoms with Gasteiger partial charge in [-0.25, -0.2) is 0 Å². The molecule has 1 unspecified atom stereocenters. The van der Waals surface area contributed by atoms with Crippen LogP contribution in [0.3, 0.4) is 0 Å². The largest absolute Gasteiger partial charge is 0.324 e. The van der Waals surface area contributed by atoms with E-state index in [1.807, 2.05) is 11.8 Å². The van der Waals surface area contributed by atoms with E-state index in [2.05, 4.69) is 37.3 Å². The van der Waals surface area contributed by atoms with Gasteiger partial charge >= 0.3 is 0 Å². The number of rotatable bonds is 4. The second-order valence-corrected chi connectivity index (χ2v) is 6.12. The average molecular weight is 261 g/mol. The summed E-state index contributed by atoms with van der Waals surface area (Å²) in [5, 5.41) is 0. The Morgan fingerprint density at radius 3 is 2.89 bits per heavy atom. The normalized spacial score (nSPS) is 18.0. The zero-order valence-corrected chi connectivity index (χ0v) is 12.0. The minimum Gasteiger partial charge on any atom is -0.324 e. The predicted octanol–water partition coefficient (Wildman–Crippen LogP) is 4.30. The fraction of sp³-hybridized carbons (Fsp3) is 0.500. The van der Waals surface area contributed by atoms with Crippen LogP contribution < -0.4 is 5.73 Å². The van der Waals surface area contributed by atoms with E-state index in [9.17, 15) is 0 Å². The highest BCUT2D eigenvalue weighted by atomic mass is 32.2. The van der Waals surface area contributed by atoms with Crippen molar-refractivity contribution < 1.29 is 0 Å². The number of allylic oxidation sites excluding steroid dienone is 1. The van der Waals surface area contributed by atoms with Crippen LogP contribution in [0.1, 0.15) is 37.7 Å². The zero-order valence-electron chi connectivity index (χ0n) is 11.2. The minimum atomic E-state index is 0.229. The van der Waals surface area contributed by atoms with Gasteiger partial charge in [0.25, 0.3) is 0 Å². The standard InChI is InChI=1S/C16H23NS/c1-13-8-6-7-11-16(13)18-12-15(17)14-9-4-2-3-5-10-14/h6-9,11,15H,2-5,10,12,17H2,1H3. The molecule has 1 aliphatic carbocycles. The van der Waals surface area contributed by atoms with Gasteiger partial charge in [-0.15, -0.1) is 11.8 Å². The molecule has 0 spiro atoms. The molecule has 0 bridgehead atoms. The molecule has 0 amide bonds.